The first-order chi connectivity index (χ1) is 7.63. The molecule has 0 unspecified atom stereocenters. The Balaban J connectivity index is 2.61. The Hall–Kier alpha value is -1.23. The SMILES string of the molecule is CC(C)CCSc1ccnc(/C(N)=N/O)c1. The summed E-state index contributed by atoms with van der Waals surface area (Å²) < 4.78 is 0. The summed E-state index contributed by atoms with van der Waals surface area (Å²) in [6.07, 6.45) is 2.84. The summed E-state index contributed by atoms with van der Waals surface area (Å²) >= 11 is 1.76. The fourth-order valence-corrected chi connectivity index (χ4v) is 2.28. The molecule has 0 aliphatic rings. The summed E-state index contributed by atoms with van der Waals surface area (Å²) in [5.41, 5.74) is 5.98. The minimum atomic E-state index is 0.0475. The number of hydrogen-bond donors (Lipinski definition) is 2. The molecule has 16 heavy (non-hydrogen) atoms. The van der Waals surface area contributed by atoms with Crippen LogP contribution >= 0.6 is 11.8 Å². The Morgan fingerprint density at radius 3 is 3.00 bits per heavy atom. The van der Waals surface area contributed by atoms with E-state index in [1.807, 2.05) is 12.1 Å². The number of hydrogen-bond acceptors (Lipinski definition) is 4. The first kappa shape index (κ1) is 12.8. The van der Waals surface area contributed by atoms with E-state index >= 15 is 0 Å². The maximum Gasteiger partial charge on any atom is 0.188 e. The van der Waals surface area contributed by atoms with Crippen LogP contribution in [-0.4, -0.2) is 21.8 Å². The van der Waals surface area contributed by atoms with Gasteiger partial charge < -0.3 is 10.9 Å². The molecule has 0 saturated carbocycles. The Morgan fingerprint density at radius 2 is 2.38 bits per heavy atom. The van der Waals surface area contributed by atoms with Crippen LogP contribution in [0.15, 0.2) is 28.4 Å². The summed E-state index contributed by atoms with van der Waals surface area (Å²) in [6.45, 7) is 4.41. The van der Waals surface area contributed by atoms with Gasteiger partial charge in [-0.15, -0.1) is 11.8 Å². The summed E-state index contributed by atoms with van der Waals surface area (Å²) in [7, 11) is 0. The average Bonchev–Trinajstić information content (AvgIpc) is 2.28. The minimum Gasteiger partial charge on any atom is -0.409 e. The minimum absolute atomic E-state index is 0.0475. The molecule has 0 aromatic carbocycles. The summed E-state index contributed by atoms with van der Waals surface area (Å²) in [6, 6.07) is 3.76. The highest BCUT2D eigenvalue weighted by Crippen LogP contribution is 2.20. The smallest absolute Gasteiger partial charge is 0.188 e. The molecule has 0 amide bonds. The van der Waals surface area contributed by atoms with Crippen molar-refractivity contribution in [1.29, 1.82) is 0 Å². The van der Waals surface area contributed by atoms with Crippen molar-refractivity contribution in [1.82, 2.24) is 4.98 Å². The van der Waals surface area contributed by atoms with E-state index < -0.39 is 0 Å². The molecular formula is C11H17N3OS. The van der Waals surface area contributed by atoms with E-state index in [1.165, 1.54) is 6.42 Å². The summed E-state index contributed by atoms with van der Waals surface area (Å²) in [4.78, 5) is 5.12. The standard InChI is InChI=1S/C11H17N3OS/c1-8(2)4-6-16-9-3-5-13-10(7-9)11(12)14-15/h3,5,7-8,15H,4,6H2,1-2H3,(H2,12,14). The van der Waals surface area contributed by atoms with Gasteiger partial charge >= 0.3 is 0 Å². The van der Waals surface area contributed by atoms with Crippen LogP contribution in [0.2, 0.25) is 0 Å². The molecule has 88 valence electrons. The first-order valence-corrected chi connectivity index (χ1v) is 6.18. The lowest BCUT2D eigenvalue weighted by molar-refractivity contribution is 0.318. The molecule has 5 heteroatoms. The van der Waals surface area contributed by atoms with E-state index in [9.17, 15) is 0 Å². The molecule has 0 aliphatic carbocycles. The molecule has 0 atom stereocenters. The third-order valence-electron chi connectivity index (χ3n) is 2.07. The third-order valence-corrected chi connectivity index (χ3v) is 3.09. The van der Waals surface area contributed by atoms with Crippen molar-refractivity contribution in [2.24, 2.45) is 16.8 Å². The van der Waals surface area contributed by atoms with Crippen molar-refractivity contribution in [2.75, 3.05) is 5.75 Å². The molecule has 0 bridgehead atoms. The van der Waals surface area contributed by atoms with E-state index in [1.54, 1.807) is 18.0 Å². The molecule has 0 radical (unpaired) electrons. The van der Waals surface area contributed by atoms with Gasteiger partial charge in [-0.3, -0.25) is 4.98 Å². The van der Waals surface area contributed by atoms with Crippen molar-refractivity contribution in [3.63, 3.8) is 0 Å². The van der Waals surface area contributed by atoms with Crippen molar-refractivity contribution >= 4 is 17.6 Å². The van der Waals surface area contributed by atoms with Crippen molar-refractivity contribution in [2.45, 2.75) is 25.2 Å². The molecule has 1 heterocycles. The molecule has 4 nitrogen and oxygen atoms in total. The lowest BCUT2D eigenvalue weighted by Gasteiger charge is -2.05. The lowest BCUT2D eigenvalue weighted by atomic mass is 10.2. The van der Waals surface area contributed by atoms with E-state index in [0.29, 0.717) is 11.6 Å². The molecular weight excluding hydrogens is 222 g/mol. The highest BCUT2D eigenvalue weighted by atomic mass is 32.2. The van der Waals surface area contributed by atoms with Gasteiger partial charge in [0, 0.05) is 11.1 Å². The Labute approximate surface area is 99.9 Å². The lowest BCUT2D eigenvalue weighted by Crippen LogP contribution is -2.14. The van der Waals surface area contributed by atoms with Gasteiger partial charge in [0.25, 0.3) is 0 Å². The maximum atomic E-state index is 8.54. The monoisotopic (exact) mass is 239 g/mol. The van der Waals surface area contributed by atoms with Gasteiger partial charge in [-0.1, -0.05) is 19.0 Å². The Kier molecular flexibility index (Phi) is 5.11. The van der Waals surface area contributed by atoms with Crippen molar-refractivity contribution < 1.29 is 5.21 Å². The molecule has 1 rings (SSSR count). The quantitative estimate of drug-likeness (QED) is 0.272. The molecule has 0 spiro atoms. The number of oxime groups is 1. The van der Waals surface area contributed by atoms with Crippen molar-refractivity contribution in [3.05, 3.63) is 24.0 Å². The van der Waals surface area contributed by atoms with Gasteiger partial charge in [-0.05, 0) is 30.2 Å². The average molecular weight is 239 g/mol. The normalized spacial score (nSPS) is 12.1. The van der Waals surface area contributed by atoms with Gasteiger partial charge in [-0.25, -0.2) is 0 Å². The number of amidine groups is 1. The van der Waals surface area contributed by atoms with Gasteiger partial charge in [0.05, 0.1) is 0 Å². The number of thioether (sulfide) groups is 1. The second-order valence-corrected chi connectivity index (χ2v) is 5.06. The number of aromatic nitrogens is 1. The second kappa shape index (κ2) is 6.37. The fraction of sp³-hybridized carbons (Fsp3) is 0.455. The van der Waals surface area contributed by atoms with Crippen LogP contribution < -0.4 is 5.73 Å². The summed E-state index contributed by atoms with van der Waals surface area (Å²) in [5, 5.41) is 11.5. The number of pyridine rings is 1. The van der Waals surface area contributed by atoms with Crippen LogP contribution in [0.1, 0.15) is 26.0 Å². The second-order valence-electron chi connectivity index (χ2n) is 3.89. The molecule has 1 aromatic rings. The van der Waals surface area contributed by atoms with E-state index in [2.05, 4.69) is 24.0 Å². The van der Waals surface area contributed by atoms with E-state index in [4.69, 9.17) is 10.9 Å². The van der Waals surface area contributed by atoms with Gasteiger partial charge in [0.2, 0.25) is 0 Å². The third kappa shape index (κ3) is 4.10. The topological polar surface area (TPSA) is 71.5 Å². The highest BCUT2D eigenvalue weighted by Gasteiger charge is 2.03. The Morgan fingerprint density at radius 1 is 1.62 bits per heavy atom. The van der Waals surface area contributed by atoms with Crippen molar-refractivity contribution in [3.8, 4) is 0 Å². The molecule has 0 saturated heterocycles. The predicted molar refractivity (Wildman–Crippen MR) is 66.9 cm³/mol. The number of rotatable bonds is 5. The molecule has 3 N–H and O–H groups in total. The number of nitrogens with zero attached hydrogens (tertiary/aromatic N) is 2. The van der Waals surface area contributed by atoms with Crippen LogP contribution in [0.3, 0.4) is 0 Å². The van der Waals surface area contributed by atoms with Crippen LogP contribution in [-0.2, 0) is 0 Å². The van der Waals surface area contributed by atoms with E-state index in [0.717, 1.165) is 10.6 Å². The molecule has 0 aliphatic heterocycles. The summed E-state index contributed by atoms with van der Waals surface area (Å²) in [5.74, 6) is 1.82. The molecule has 1 aromatic heterocycles. The molecule has 0 fully saturated rings. The van der Waals surface area contributed by atoms with Crippen LogP contribution in [0, 0.1) is 5.92 Å². The van der Waals surface area contributed by atoms with Crippen LogP contribution in [0.4, 0.5) is 0 Å². The van der Waals surface area contributed by atoms with E-state index in [-0.39, 0.29) is 5.84 Å². The first-order valence-electron chi connectivity index (χ1n) is 5.20. The van der Waals surface area contributed by atoms with Gasteiger partial charge in [0.1, 0.15) is 5.69 Å². The zero-order valence-electron chi connectivity index (χ0n) is 9.55. The predicted octanol–water partition coefficient (Wildman–Crippen LogP) is 2.31. The Bertz CT molecular complexity index is 366. The fourth-order valence-electron chi connectivity index (χ4n) is 1.10. The van der Waals surface area contributed by atoms with Crippen LogP contribution in [0.25, 0.3) is 0 Å². The maximum absolute atomic E-state index is 8.54. The zero-order valence-corrected chi connectivity index (χ0v) is 10.4. The van der Waals surface area contributed by atoms with Crippen LogP contribution in [0.5, 0.6) is 0 Å². The van der Waals surface area contributed by atoms with Gasteiger partial charge in [-0.2, -0.15) is 0 Å². The van der Waals surface area contributed by atoms with Gasteiger partial charge in [0.15, 0.2) is 5.84 Å². The zero-order chi connectivity index (χ0) is 12.0. The number of nitrogens with two attached hydrogens (primary N) is 1. The highest BCUT2D eigenvalue weighted by molar-refractivity contribution is 7.99. The largest absolute Gasteiger partial charge is 0.409 e.